The first kappa shape index (κ1) is 23.5. The molecule has 0 fully saturated rings. The molecule has 33 heavy (non-hydrogen) atoms. The predicted octanol–water partition coefficient (Wildman–Crippen LogP) is 2.49. The third kappa shape index (κ3) is 5.38. The maximum atomic E-state index is 12.7. The van der Waals surface area contributed by atoms with Gasteiger partial charge in [-0.25, -0.2) is 4.79 Å². The number of ketones is 1. The molecule has 9 heteroatoms. The van der Waals surface area contributed by atoms with Crippen LogP contribution >= 0.6 is 0 Å². The van der Waals surface area contributed by atoms with Crippen LogP contribution in [0.1, 0.15) is 24.9 Å². The van der Waals surface area contributed by atoms with E-state index in [2.05, 4.69) is 10.6 Å². The van der Waals surface area contributed by atoms with Gasteiger partial charge in [-0.1, -0.05) is 36.4 Å². The number of urea groups is 1. The van der Waals surface area contributed by atoms with E-state index in [1.165, 1.54) is 18.1 Å². The van der Waals surface area contributed by atoms with E-state index in [9.17, 15) is 24.3 Å². The van der Waals surface area contributed by atoms with E-state index in [4.69, 9.17) is 4.74 Å². The summed E-state index contributed by atoms with van der Waals surface area (Å²) in [5, 5.41) is 14.3. The largest absolute Gasteiger partial charge is 0.496 e. The van der Waals surface area contributed by atoms with Crippen molar-refractivity contribution >= 4 is 23.7 Å². The summed E-state index contributed by atoms with van der Waals surface area (Å²) in [5.74, 6) is -1.56. The maximum absolute atomic E-state index is 12.7. The van der Waals surface area contributed by atoms with E-state index in [-0.39, 0.29) is 0 Å². The monoisotopic (exact) mass is 451 g/mol. The summed E-state index contributed by atoms with van der Waals surface area (Å²) in [6.45, 7) is 1.55. The fourth-order valence-electron chi connectivity index (χ4n) is 3.65. The zero-order chi connectivity index (χ0) is 24.1. The number of hydrogen-bond acceptors (Lipinski definition) is 5. The summed E-state index contributed by atoms with van der Waals surface area (Å²) in [4.78, 5) is 50.0. The molecule has 2 aromatic rings. The molecule has 1 aliphatic rings. The number of methoxy groups -OCH3 is 1. The van der Waals surface area contributed by atoms with Crippen LogP contribution in [-0.2, 0) is 14.4 Å². The van der Waals surface area contributed by atoms with Gasteiger partial charge in [0.1, 0.15) is 5.75 Å². The fraction of sp³-hybridized carbons (Fsp3) is 0.250. The van der Waals surface area contributed by atoms with Gasteiger partial charge in [0, 0.05) is 24.4 Å². The molecule has 0 saturated heterocycles. The Morgan fingerprint density at radius 3 is 2.58 bits per heavy atom. The second kappa shape index (κ2) is 9.99. The summed E-state index contributed by atoms with van der Waals surface area (Å²) in [6.07, 6.45) is 1.01. The Kier molecular flexibility index (Phi) is 7.12. The van der Waals surface area contributed by atoms with Crippen molar-refractivity contribution in [1.29, 1.82) is 0 Å². The molecule has 172 valence electrons. The Bertz CT molecular complexity index is 1130. The first-order chi connectivity index (χ1) is 15.7. The number of amides is 3. The zero-order valence-corrected chi connectivity index (χ0v) is 18.5. The number of benzene rings is 2. The van der Waals surface area contributed by atoms with Gasteiger partial charge in [-0.15, -0.1) is 0 Å². The molecule has 9 nitrogen and oxygen atoms in total. The van der Waals surface area contributed by atoms with E-state index >= 15 is 0 Å². The predicted molar refractivity (Wildman–Crippen MR) is 120 cm³/mol. The Balaban J connectivity index is 1.84. The number of carboxylic acid groups (broad SMARTS) is 1. The van der Waals surface area contributed by atoms with Gasteiger partial charge in [0.25, 0.3) is 5.91 Å². The lowest BCUT2D eigenvalue weighted by molar-refractivity contribution is -0.138. The molecule has 0 aromatic heterocycles. The maximum Gasteiger partial charge on any atom is 0.316 e. The fourth-order valence-corrected chi connectivity index (χ4v) is 3.65. The van der Waals surface area contributed by atoms with Crippen molar-refractivity contribution in [2.45, 2.75) is 25.4 Å². The van der Waals surface area contributed by atoms with E-state index in [1.807, 2.05) is 30.3 Å². The average Bonchev–Trinajstić information content (AvgIpc) is 2.80. The highest BCUT2D eigenvalue weighted by Gasteiger charge is 2.35. The number of carbonyl (C=O) groups excluding carboxylic acids is 3. The number of Topliss-reactive ketones (excluding diaryl/α,β-unsaturated/α-hetero) is 1. The van der Waals surface area contributed by atoms with Gasteiger partial charge in [-0.3, -0.25) is 14.4 Å². The van der Waals surface area contributed by atoms with E-state index < -0.39 is 42.2 Å². The molecule has 0 bridgehead atoms. The van der Waals surface area contributed by atoms with Crippen molar-refractivity contribution in [3.05, 3.63) is 65.9 Å². The quantitative estimate of drug-likeness (QED) is 0.556. The lowest BCUT2D eigenvalue weighted by atomic mass is 9.97. The lowest BCUT2D eigenvalue weighted by Crippen LogP contribution is -2.56. The molecular formula is C24H25N3O6. The highest BCUT2D eigenvalue weighted by molar-refractivity contribution is 6.16. The summed E-state index contributed by atoms with van der Waals surface area (Å²) < 4.78 is 5.40. The number of nitrogens with zero attached hydrogens (tertiary/aromatic N) is 1. The van der Waals surface area contributed by atoms with Crippen molar-refractivity contribution < 1.29 is 29.0 Å². The molecule has 0 aliphatic carbocycles. The van der Waals surface area contributed by atoms with Crippen LogP contribution in [0.3, 0.4) is 0 Å². The number of para-hydroxylation sites is 1. The molecule has 2 atom stereocenters. The smallest absolute Gasteiger partial charge is 0.316 e. The third-order valence-corrected chi connectivity index (χ3v) is 5.30. The molecule has 2 aromatic carbocycles. The van der Waals surface area contributed by atoms with Crippen molar-refractivity contribution in [3.63, 3.8) is 0 Å². The number of ether oxygens (including phenoxy) is 1. The highest BCUT2D eigenvalue weighted by atomic mass is 16.5. The standard InChI is InChI=1S/C24H25N3O6/c1-14-13-27(2)23(31)21(22(14)30)26-24(32)25-18(12-20(28)29)16-8-6-7-15(11-16)17-9-4-5-10-19(17)33-3/h4-11,13,18,21H,12H2,1-3H3,(H,28,29)(H2,25,26,32). The van der Waals surface area contributed by atoms with Crippen LogP contribution in [0.2, 0.25) is 0 Å². The Labute approximate surface area is 191 Å². The molecular weight excluding hydrogens is 426 g/mol. The number of nitrogens with one attached hydrogen (secondary N) is 2. The number of carboxylic acids is 1. The van der Waals surface area contributed by atoms with Crippen LogP contribution in [0.15, 0.2) is 60.3 Å². The van der Waals surface area contributed by atoms with Gasteiger partial charge in [-0.2, -0.15) is 0 Å². The SMILES string of the molecule is COc1ccccc1-c1cccc(C(CC(=O)O)NC(=O)NC2C(=O)C(C)=CN(C)C2=O)c1. The average molecular weight is 451 g/mol. The van der Waals surface area contributed by atoms with Crippen molar-refractivity contribution in [1.82, 2.24) is 15.5 Å². The highest BCUT2D eigenvalue weighted by Crippen LogP contribution is 2.31. The minimum atomic E-state index is -1.37. The number of aliphatic carboxylic acids is 1. The first-order valence-corrected chi connectivity index (χ1v) is 10.2. The summed E-state index contributed by atoms with van der Waals surface area (Å²) >= 11 is 0. The molecule has 0 spiro atoms. The summed E-state index contributed by atoms with van der Waals surface area (Å²) in [6, 6.07) is 11.4. The van der Waals surface area contributed by atoms with Gasteiger partial charge >= 0.3 is 12.0 Å². The van der Waals surface area contributed by atoms with Gasteiger partial charge in [0.15, 0.2) is 11.8 Å². The molecule has 2 unspecified atom stereocenters. The van der Waals surface area contributed by atoms with Crippen LogP contribution < -0.4 is 15.4 Å². The molecule has 0 radical (unpaired) electrons. The minimum Gasteiger partial charge on any atom is -0.496 e. The van der Waals surface area contributed by atoms with E-state index in [1.54, 1.807) is 32.2 Å². The summed E-state index contributed by atoms with van der Waals surface area (Å²) in [7, 11) is 3.05. The van der Waals surface area contributed by atoms with E-state index in [0.717, 1.165) is 11.1 Å². The molecule has 3 rings (SSSR count). The third-order valence-electron chi connectivity index (χ3n) is 5.30. The first-order valence-electron chi connectivity index (χ1n) is 10.2. The number of rotatable bonds is 7. The topological polar surface area (TPSA) is 125 Å². The van der Waals surface area contributed by atoms with Gasteiger partial charge < -0.3 is 25.4 Å². The van der Waals surface area contributed by atoms with E-state index in [0.29, 0.717) is 16.9 Å². The van der Waals surface area contributed by atoms with Gasteiger partial charge in [0.05, 0.1) is 19.6 Å². The second-order valence-electron chi connectivity index (χ2n) is 7.65. The zero-order valence-electron chi connectivity index (χ0n) is 18.5. The number of carbonyl (C=O) groups is 4. The Morgan fingerprint density at radius 2 is 1.88 bits per heavy atom. The summed E-state index contributed by atoms with van der Waals surface area (Å²) in [5.41, 5.74) is 2.46. The number of hydrogen-bond donors (Lipinski definition) is 3. The van der Waals surface area contributed by atoms with Crippen LogP contribution in [0.5, 0.6) is 5.75 Å². The van der Waals surface area contributed by atoms with Crippen LogP contribution in [-0.4, -0.2) is 53.9 Å². The second-order valence-corrected chi connectivity index (χ2v) is 7.65. The lowest BCUT2D eigenvalue weighted by Gasteiger charge is -2.27. The van der Waals surface area contributed by atoms with Gasteiger partial charge in [-0.05, 0) is 30.2 Å². The van der Waals surface area contributed by atoms with Crippen molar-refractivity contribution in [3.8, 4) is 16.9 Å². The number of likely N-dealkylation sites (N-methyl/N-ethyl adjacent to an activating group) is 1. The van der Waals surface area contributed by atoms with Gasteiger partial charge in [0.2, 0.25) is 0 Å². The molecule has 3 N–H and O–H groups in total. The Hall–Kier alpha value is -4.14. The molecule has 1 aliphatic heterocycles. The molecule has 3 amide bonds. The molecule has 0 saturated carbocycles. The molecule has 1 heterocycles. The normalized spacial score (nSPS) is 16.6. The van der Waals surface area contributed by atoms with Crippen LogP contribution in [0.25, 0.3) is 11.1 Å². The van der Waals surface area contributed by atoms with Crippen LogP contribution in [0.4, 0.5) is 4.79 Å². The van der Waals surface area contributed by atoms with Crippen molar-refractivity contribution in [2.75, 3.05) is 14.2 Å². The minimum absolute atomic E-state index is 0.328. The van der Waals surface area contributed by atoms with Crippen LogP contribution in [0, 0.1) is 0 Å². The Morgan fingerprint density at radius 1 is 1.15 bits per heavy atom. The van der Waals surface area contributed by atoms with Crippen molar-refractivity contribution in [2.24, 2.45) is 0 Å².